The zero-order valence-corrected chi connectivity index (χ0v) is 10.7. The van der Waals surface area contributed by atoms with Crippen LogP contribution < -0.4 is 0 Å². The van der Waals surface area contributed by atoms with Gasteiger partial charge in [-0.25, -0.2) is 4.79 Å². The first-order valence-electron chi connectivity index (χ1n) is 5.15. The molecule has 0 aliphatic carbocycles. The van der Waals surface area contributed by atoms with Crippen LogP contribution in [0.3, 0.4) is 0 Å². The summed E-state index contributed by atoms with van der Waals surface area (Å²) in [5.74, 6) is -1.36. The Bertz CT molecular complexity index is 417. The van der Waals surface area contributed by atoms with Gasteiger partial charge in [0.1, 0.15) is 0 Å². The van der Waals surface area contributed by atoms with E-state index in [1.54, 1.807) is 12.1 Å². The number of carbonyl (C=O) groups excluding carboxylic acids is 1. The van der Waals surface area contributed by atoms with Gasteiger partial charge in [-0.15, -0.1) is 0 Å². The number of rotatable bonds is 6. The first-order valence-corrected chi connectivity index (χ1v) is 6.27. The van der Waals surface area contributed by atoms with Crippen molar-refractivity contribution in [3.8, 4) is 0 Å². The van der Waals surface area contributed by atoms with E-state index in [2.05, 4.69) is 15.9 Å². The molecule has 1 atom stereocenters. The van der Waals surface area contributed by atoms with Gasteiger partial charge in [-0.3, -0.25) is 4.79 Å². The van der Waals surface area contributed by atoms with Gasteiger partial charge in [0, 0.05) is 16.5 Å². The van der Waals surface area contributed by atoms with E-state index in [-0.39, 0.29) is 11.1 Å². The highest BCUT2D eigenvalue weighted by Crippen LogP contribution is 2.21. The molecular formula is C12H13BrO4. The van der Waals surface area contributed by atoms with Crippen molar-refractivity contribution in [1.82, 2.24) is 0 Å². The summed E-state index contributed by atoms with van der Waals surface area (Å²) in [6, 6.07) is 4.88. The summed E-state index contributed by atoms with van der Waals surface area (Å²) < 4.78 is 0. The van der Waals surface area contributed by atoms with E-state index >= 15 is 0 Å². The number of aliphatic hydroxyl groups excluding tert-OH is 1. The third kappa shape index (κ3) is 3.38. The molecule has 0 bridgehead atoms. The maximum atomic E-state index is 11.0. The zero-order valence-electron chi connectivity index (χ0n) is 9.10. The van der Waals surface area contributed by atoms with Crippen LogP contribution in [0.5, 0.6) is 0 Å². The number of alkyl halides is 1. The molecule has 0 aromatic heterocycles. The van der Waals surface area contributed by atoms with Crippen molar-refractivity contribution >= 4 is 28.2 Å². The predicted octanol–water partition coefficient (Wildman–Crippen LogP) is 1.94. The third-order valence-electron chi connectivity index (χ3n) is 2.46. The van der Waals surface area contributed by atoms with Gasteiger partial charge >= 0.3 is 5.97 Å². The van der Waals surface area contributed by atoms with E-state index in [9.17, 15) is 14.7 Å². The highest BCUT2D eigenvalue weighted by Gasteiger charge is 2.20. The summed E-state index contributed by atoms with van der Waals surface area (Å²) in [7, 11) is 0. The number of aliphatic carboxylic acids is 1. The molecule has 92 valence electrons. The largest absolute Gasteiger partial charge is 0.479 e. The van der Waals surface area contributed by atoms with Crippen LogP contribution in [0.25, 0.3) is 0 Å². The first kappa shape index (κ1) is 13.9. The lowest BCUT2D eigenvalue weighted by molar-refractivity contribution is -0.146. The van der Waals surface area contributed by atoms with E-state index in [0.29, 0.717) is 12.7 Å². The second-order valence-corrected chi connectivity index (χ2v) is 4.36. The molecule has 0 saturated heterocycles. The molecular weight excluding hydrogens is 288 g/mol. The van der Waals surface area contributed by atoms with Gasteiger partial charge < -0.3 is 10.2 Å². The maximum Gasteiger partial charge on any atom is 0.337 e. The fourth-order valence-electron chi connectivity index (χ4n) is 1.62. The fourth-order valence-corrected chi connectivity index (χ4v) is 1.90. The van der Waals surface area contributed by atoms with Gasteiger partial charge in [-0.1, -0.05) is 34.1 Å². The lowest BCUT2D eigenvalue weighted by Crippen LogP contribution is -2.13. The van der Waals surface area contributed by atoms with Crippen molar-refractivity contribution in [3.63, 3.8) is 0 Å². The number of aliphatic hydroxyl groups is 1. The molecule has 0 amide bonds. The number of hydrogen-bond acceptors (Lipinski definition) is 3. The van der Waals surface area contributed by atoms with Crippen molar-refractivity contribution in [2.75, 3.05) is 5.33 Å². The fraction of sp³-hybridized carbons (Fsp3) is 0.333. The molecule has 0 radical (unpaired) electrons. The third-order valence-corrected chi connectivity index (χ3v) is 3.02. The van der Waals surface area contributed by atoms with Crippen LogP contribution in [-0.4, -0.2) is 27.8 Å². The number of carboxylic acid groups (broad SMARTS) is 1. The summed E-state index contributed by atoms with van der Waals surface area (Å²) in [4.78, 5) is 21.7. The predicted molar refractivity (Wildman–Crippen MR) is 66.5 cm³/mol. The molecule has 0 fully saturated rings. The average molecular weight is 301 g/mol. The zero-order chi connectivity index (χ0) is 12.8. The lowest BCUT2D eigenvalue weighted by atomic mass is 9.95. The van der Waals surface area contributed by atoms with E-state index in [1.165, 1.54) is 6.07 Å². The summed E-state index contributed by atoms with van der Waals surface area (Å²) in [5, 5.41) is 19.0. The molecule has 0 aliphatic rings. The Morgan fingerprint density at radius 2 is 2.18 bits per heavy atom. The van der Waals surface area contributed by atoms with E-state index in [0.717, 1.165) is 17.3 Å². The van der Waals surface area contributed by atoms with Crippen LogP contribution in [0.1, 0.15) is 34.0 Å². The molecule has 0 heterocycles. The quantitative estimate of drug-likeness (QED) is 0.622. The normalized spacial score (nSPS) is 12.1. The van der Waals surface area contributed by atoms with E-state index in [1.807, 2.05) is 0 Å². The molecule has 1 aromatic carbocycles. The number of carboxylic acids is 1. The van der Waals surface area contributed by atoms with Gasteiger partial charge in [0.2, 0.25) is 0 Å². The van der Waals surface area contributed by atoms with E-state index < -0.39 is 12.1 Å². The molecule has 0 spiro atoms. The molecule has 0 saturated carbocycles. The lowest BCUT2D eigenvalue weighted by Gasteiger charge is -2.12. The molecule has 17 heavy (non-hydrogen) atoms. The highest BCUT2D eigenvalue weighted by atomic mass is 79.9. The van der Waals surface area contributed by atoms with Gasteiger partial charge in [-0.2, -0.15) is 0 Å². The Kier molecular flexibility index (Phi) is 5.31. The SMILES string of the molecule is O=Cc1c(CCCBr)cccc1C(O)C(=O)O. The van der Waals surface area contributed by atoms with E-state index in [4.69, 9.17) is 5.11 Å². The van der Waals surface area contributed by atoms with Crippen LogP contribution in [0, 0.1) is 0 Å². The minimum Gasteiger partial charge on any atom is -0.479 e. The Hall–Kier alpha value is -1.20. The molecule has 5 heteroatoms. The maximum absolute atomic E-state index is 11.0. The van der Waals surface area contributed by atoms with Crippen molar-refractivity contribution in [3.05, 3.63) is 34.9 Å². The van der Waals surface area contributed by atoms with Crippen LogP contribution in [0.4, 0.5) is 0 Å². The minimum atomic E-state index is -1.65. The Balaban J connectivity index is 3.13. The second-order valence-electron chi connectivity index (χ2n) is 3.57. The van der Waals surface area contributed by atoms with Crippen LogP contribution in [0.2, 0.25) is 0 Å². The summed E-state index contributed by atoms with van der Waals surface area (Å²) in [6.07, 6.45) is 0.456. The number of aldehydes is 1. The molecule has 1 rings (SSSR count). The van der Waals surface area contributed by atoms with Crippen LogP contribution in [-0.2, 0) is 11.2 Å². The number of hydrogen-bond donors (Lipinski definition) is 2. The van der Waals surface area contributed by atoms with Gasteiger partial charge in [-0.05, 0) is 18.4 Å². The Labute approximate surface area is 107 Å². The van der Waals surface area contributed by atoms with Crippen molar-refractivity contribution < 1.29 is 19.8 Å². The van der Waals surface area contributed by atoms with Crippen molar-refractivity contribution in [2.24, 2.45) is 0 Å². The molecule has 1 aromatic rings. The minimum absolute atomic E-state index is 0.152. The number of aryl methyl sites for hydroxylation is 1. The molecule has 4 nitrogen and oxygen atoms in total. The van der Waals surface area contributed by atoms with Crippen molar-refractivity contribution in [2.45, 2.75) is 18.9 Å². The summed E-state index contributed by atoms with van der Waals surface area (Å²) in [6.45, 7) is 0. The summed E-state index contributed by atoms with van der Waals surface area (Å²) >= 11 is 3.29. The van der Waals surface area contributed by atoms with Gasteiger partial charge in [0.05, 0.1) is 0 Å². The number of halogens is 1. The highest BCUT2D eigenvalue weighted by molar-refractivity contribution is 9.09. The molecule has 0 aliphatic heterocycles. The standard InChI is InChI=1S/C12H13BrO4/c13-6-2-4-8-3-1-5-9(10(8)7-14)11(15)12(16)17/h1,3,5,7,11,15H,2,4,6H2,(H,16,17). The van der Waals surface area contributed by atoms with Crippen LogP contribution >= 0.6 is 15.9 Å². The Morgan fingerprint density at radius 3 is 2.71 bits per heavy atom. The van der Waals surface area contributed by atoms with Crippen molar-refractivity contribution in [1.29, 1.82) is 0 Å². The van der Waals surface area contributed by atoms with Crippen LogP contribution in [0.15, 0.2) is 18.2 Å². The van der Waals surface area contributed by atoms with Gasteiger partial charge in [0.25, 0.3) is 0 Å². The topological polar surface area (TPSA) is 74.6 Å². The number of carbonyl (C=O) groups is 2. The Morgan fingerprint density at radius 1 is 1.47 bits per heavy atom. The molecule has 2 N–H and O–H groups in total. The second kappa shape index (κ2) is 6.51. The first-order chi connectivity index (χ1) is 8.11. The monoisotopic (exact) mass is 300 g/mol. The smallest absolute Gasteiger partial charge is 0.337 e. The molecule has 1 unspecified atom stereocenters. The number of benzene rings is 1. The summed E-state index contributed by atoms with van der Waals surface area (Å²) in [5.41, 5.74) is 1.19. The van der Waals surface area contributed by atoms with Gasteiger partial charge in [0.15, 0.2) is 12.4 Å². The average Bonchev–Trinajstić information content (AvgIpc) is 2.34.